The SMILES string of the molecule is C=CC.FC(F)(Cl)Cl. The molecule has 0 atom stereocenters. The van der Waals surface area contributed by atoms with Crippen LogP contribution in [0.5, 0.6) is 0 Å². The van der Waals surface area contributed by atoms with E-state index in [4.69, 9.17) is 0 Å². The molecule has 0 radical (unpaired) electrons. The fourth-order valence-corrected chi connectivity index (χ4v) is 0. The number of allylic oxidation sites excluding steroid dienone is 1. The summed E-state index contributed by atoms with van der Waals surface area (Å²) in [5, 5.41) is 0. The minimum atomic E-state index is -3.56. The van der Waals surface area contributed by atoms with Gasteiger partial charge in [-0.25, -0.2) is 0 Å². The minimum Gasteiger partial charge on any atom is -0.172 e. The summed E-state index contributed by atoms with van der Waals surface area (Å²) in [4.78, 5) is -3.56. The van der Waals surface area contributed by atoms with Crippen molar-refractivity contribution in [1.29, 1.82) is 0 Å². The molecule has 0 saturated carbocycles. The fourth-order valence-electron chi connectivity index (χ4n) is 0. The Morgan fingerprint density at radius 3 is 1.50 bits per heavy atom. The van der Waals surface area contributed by atoms with Crippen molar-refractivity contribution in [1.82, 2.24) is 0 Å². The van der Waals surface area contributed by atoms with Crippen LogP contribution in [0, 0.1) is 0 Å². The van der Waals surface area contributed by atoms with Gasteiger partial charge in [0.05, 0.1) is 0 Å². The monoisotopic (exact) mass is 162 g/mol. The van der Waals surface area contributed by atoms with Gasteiger partial charge in [0, 0.05) is 0 Å². The molecule has 0 spiro atoms. The van der Waals surface area contributed by atoms with Gasteiger partial charge in [0.25, 0.3) is 0 Å². The maximum absolute atomic E-state index is 10.6. The summed E-state index contributed by atoms with van der Waals surface area (Å²) in [6.07, 6.45) is 1.75. The van der Waals surface area contributed by atoms with E-state index in [2.05, 4.69) is 29.8 Å². The molecule has 0 fully saturated rings. The summed E-state index contributed by atoms with van der Waals surface area (Å²) in [5.41, 5.74) is 0. The van der Waals surface area contributed by atoms with Crippen LogP contribution in [0.15, 0.2) is 12.7 Å². The number of rotatable bonds is 0. The third-order valence-corrected chi connectivity index (χ3v) is 0. The average molecular weight is 163 g/mol. The smallest absolute Gasteiger partial charge is 0.172 e. The molecule has 0 aromatic carbocycles. The zero-order valence-corrected chi connectivity index (χ0v) is 5.81. The van der Waals surface area contributed by atoms with Crippen molar-refractivity contribution >= 4 is 23.2 Å². The molecule has 8 heavy (non-hydrogen) atoms. The van der Waals surface area contributed by atoms with Crippen LogP contribution in [-0.2, 0) is 0 Å². The standard InChI is InChI=1S/C3H6.CCl2F2/c1-3-2;2-1(3,4)5/h3H,1H2,2H3;. The van der Waals surface area contributed by atoms with Crippen LogP contribution in [-0.4, -0.2) is 4.84 Å². The Bertz CT molecular complexity index is 51.5. The van der Waals surface area contributed by atoms with Crippen molar-refractivity contribution in [3.05, 3.63) is 12.7 Å². The molecular formula is C4H6Cl2F2. The fraction of sp³-hybridized carbons (Fsp3) is 0.500. The zero-order chi connectivity index (χ0) is 7.21. The van der Waals surface area contributed by atoms with Crippen molar-refractivity contribution < 1.29 is 8.78 Å². The van der Waals surface area contributed by atoms with Crippen molar-refractivity contribution in [2.24, 2.45) is 0 Å². The van der Waals surface area contributed by atoms with E-state index in [1.165, 1.54) is 0 Å². The first-order valence-electron chi connectivity index (χ1n) is 1.74. The Kier molecular flexibility index (Phi) is 7.34. The first-order chi connectivity index (χ1) is 3.41. The number of hydrogen-bond acceptors (Lipinski definition) is 0. The highest BCUT2D eigenvalue weighted by Gasteiger charge is 2.17. The lowest BCUT2D eigenvalue weighted by Gasteiger charge is -1.87. The summed E-state index contributed by atoms with van der Waals surface area (Å²) in [7, 11) is 0. The van der Waals surface area contributed by atoms with Gasteiger partial charge in [-0.2, -0.15) is 8.78 Å². The molecule has 0 rings (SSSR count). The van der Waals surface area contributed by atoms with Crippen LogP contribution in [0.4, 0.5) is 8.78 Å². The summed E-state index contributed by atoms with van der Waals surface area (Å²) in [6, 6.07) is 0. The normalized spacial score (nSPS) is 9.12. The van der Waals surface area contributed by atoms with Crippen LogP contribution in [0.3, 0.4) is 0 Å². The van der Waals surface area contributed by atoms with Crippen LogP contribution < -0.4 is 0 Å². The van der Waals surface area contributed by atoms with Gasteiger partial charge in [0.15, 0.2) is 0 Å². The van der Waals surface area contributed by atoms with Gasteiger partial charge in [0.2, 0.25) is 0 Å². The topological polar surface area (TPSA) is 0 Å². The van der Waals surface area contributed by atoms with Gasteiger partial charge >= 0.3 is 4.84 Å². The van der Waals surface area contributed by atoms with Crippen LogP contribution >= 0.6 is 23.2 Å². The molecule has 0 amide bonds. The predicted octanol–water partition coefficient (Wildman–Crippen LogP) is 3.21. The second-order valence-electron chi connectivity index (χ2n) is 0.837. The van der Waals surface area contributed by atoms with E-state index < -0.39 is 4.84 Å². The highest BCUT2D eigenvalue weighted by molar-refractivity contribution is 6.45. The van der Waals surface area contributed by atoms with Gasteiger partial charge in [-0.1, -0.05) is 6.08 Å². The Morgan fingerprint density at radius 2 is 1.50 bits per heavy atom. The number of alkyl halides is 4. The van der Waals surface area contributed by atoms with Gasteiger partial charge in [-0.05, 0) is 30.1 Å². The van der Waals surface area contributed by atoms with Gasteiger partial charge < -0.3 is 0 Å². The lowest BCUT2D eigenvalue weighted by molar-refractivity contribution is 0.194. The Hall–Kier alpha value is 0.180. The lowest BCUT2D eigenvalue weighted by atomic mass is 10.8. The summed E-state index contributed by atoms with van der Waals surface area (Å²) < 4.78 is 21.1. The van der Waals surface area contributed by atoms with Crippen LogP contribution in [0.1, 0.15) is 6.92 Å². The number of halogens is 4. The molecule has 0 bridgehead atoms. The third-order valence-electron chi connectivity index (χ3n) is 0. The largest absolute Gasteiger partial charge is 0.401 e. The molecule has 0 saturated heterocycles. The molecule has 0 aromatic rings. The van der Waals surface area contributed by atoms with Gasteiger partial charge in [0.1, 0.15) is 0 Å². The average Bonchev–Trinajstić information content (AvgIpc) is 1.27. The summed E-state index contributed by atoms with van der Waals surface area (Å²) >= 11 is 7.92. The maximum atomic E-state index is 10.6. The molecule has 0 nitrogen and oxygen atoms in total. The third kappa shape index (κ3) is 5120. The quantitative estimate of drug-likeness (QED) is 0.380. The molecule has 50 valence electrons. The van der Waals surface area contributed by atoms with E-state index in [-0.39, 0.29) is 0 Å². The molecular weight excluding hydrogens is 157 g/mol. The van der Waals surface area contributed by atoms with E-state index in [0.717, 1.165) is 0 Å². The van der Waals surface area contributed by atoms with Gasteiger partial charge in [-0.3, -0.25) is 0 Å². The molecule has 0 N–H and O–H groups in total. The molecule has 0 unspecified atom stereocenters. The van der Waals surface area contributed by atoms with E-state index in [1.54, 1.807) is 6.08 Å². The first kappa shape index (κ1) is 11.0. The Balaban J connectivity index is 0. The van der Waals surface area contributed by atoms with Crippen molar-refractivity contribution in [3.63, 3.8) is 0 Å². The minimum absolute atomic E-state index is 1.75. The van der Waals surface area contributed by atoms with Crippen molar-refractivity contribution in [2.75, 3.05) is 0 Å². The van der Waals surface area contributed by atoms with E-state index in [0.29, 0.717) is 0 Å². The molecule has 0 aliphatic heterocycles. The maximum Gasteiger partial charge on any atom is 0.401 e. The second-order valence-corrected chi connectivity index (χ2v) is 1.98. The number of hydrogen-bond donors (Lipinski definition) is 0. The van der Waals surface area contributed by atoms with E-state index in [9.17, 15) is 8.78 Å². The van der Waals surface area contributed by atoms with Crippen molar-refractivity contribution in [2.45, 2.75) is 11.8 Å². The summed E-state index contributed by atoms with van der Waals surface area (Å²) in [6.45, 7) is 5.25. The highest BCUT2D eigenvalue weighted by Crippen LogP contribution is 2.22. The zero-order valence-electron chi connectivity index (χ0n) is 4.30. The van der Waals surface area contributed by atoms with Crippen LogP contribution in [0.25, 0.3) is 0 Å². The summed E-state index contributed by atoms with van der Waals surface area (Å²) in [5.74, 6) is 0. The molecule has 0 aromatic heterocycles. The second kappa shape index (κ2) is 5.32. The Labute approximate surface area is 57.1 Å². The Morgan fingerprint density at radius 1 is 1.50 bits per heavy atom. The highest BCUT2D eigenvalue weighted by atomic mass is 35.5. The predicted molar refractivity (Wildman–Crippen MR) is 32.5 cm³/mol. The molecule has 0 aliphatic rings. The molecule has 0 heterocycles. The van der Waals surface area contributed by atoms with Crippen molar-refractivity contribution in [3.8, 4) is 0 Å². The lowest BCUT2D eigenvalue weighted by Crippen LogP contribution is -1.86. The van der Waals surface area contributed by atoms with Gasteiger partial charge in [-0.15, -0.1) is 6.58 Å². The van der Waals surface area contributed by atoms with Crippen LogP contribution in [0.2, 0.25) is 0 Å². The first-order valence-corrected chi connectivity index (χ1v) is 2.50. The van der Waals surface area contributed by atoms with E-state index >= 15 is 0 Å². The van der Waals surface area contributed by atoms with E-state index in [1.807, 2.05) is 6.92 Å². The molecule has 4 heteroatoms. The molecule has 0 aliphatic carbocycles.